The van der Waals surface area contributed by atoms with E-state index in [9.17, 15) is 4.79 Å². The van der Waals surface area contributed by atoms with Crippen LogP contribution in [0.15, 0.2) is 36.7 Å². The summed E-state index contributed by atoms with van der Waals surface area (Å²) in [6, 6.07) is 7.82. The van der Waals surface area contributed by atoms with Crippen molar-refractivity contribution >= 4 is 11.7 Å². The molecular formula is C18H23N5O. The van der Waals surface area contributed by atoms with Crippen LogP contribution in [-0.4, -0.2) is 52.2 Å². The molecular weight excluding hydrogens is 302 g/mol. The van der Waals surface area contributed by atoms with Crippen molar-refractivity contribution in [3.05, 3.63) is 36.7 Å². The second-order valence-corrected chi connectivity index (χ2v) is 5.98. The second kappa shape index (κ2) is 7.86. The summed E-state index contributed by atoms with van der Waals surface area (Å²) in [6.45, 7) is 5.24. The van der Waals surface area contributed by atoms with Gasteiger partial charge in [-0.1, -0.05) is 13.3 Å². The topological polar surface area (TPSA) is 62.2 Å². The maximum Gasteiger partial charge on any atom is 0.222 e. The summed E-state index contributed by atoms with van der Waals surface area (Å²) in [4.78, 5) is 20.2. The first-order chi connectivity index (χ1) is 11.8. The van der Waals surface area contributed by atoms with E-state index in [-0.39, 0.29) is 5.91 Å². The molecule has 6 heteroatoms. The number of aromatic nitrogens is 3. The number of amides is 1. The molecule has 0 saturated carbocycles. The molecule has 1 aliphatic heterocycles. The Morgan fingerprint density at radius 1 is 1.04 bits per heavy atom. The van der Waals surface area contributed by atoms with Crippen molar-refractivity contribution < 1.29 is 4.79 Å². The van der Waals surface area contributed by atoms with Gasteiger partial charge in [-0.3, -0.25) is 9.78 Å². The van der Waals surface area contributed by atoms with Crippen LogP contribution >= 0.6 is 0 Å². The molecule has 0 bridgehead atoms. The number of carbonyl (C=O) groups excluding carboxylic acids is 1. The first-order valence-corrected chi connectivity index (χ1v) is 8.55. The fraction of sp³-hybridized carbons (Fsp3) is 0.444. The lowest BCUT2D eigenvalue weighted by atomic mass is 10.2. The lowest BCUT2D eigenvalue weighted by molar-refractivity contribution is -0.131. The van der Waals surface area contributed by atoms with Gasteiger partial charge in [-0.15, -0.1) is 10.2 Å². The van der Waals surface area contributed by atoms with Gasteiger partial charge in [-0.25, -0.2) is 0 Å². The molecule has 1 fully saturated rings. The summed E-state index contributed by atoms with van der Waals surface area (Å²) in [7, 11) is 0. The summed E-state index contributed by atoms with van der Waals surface area (Å²) in [5.74, 6) is 1.14. The number of nitrogens with zero attached hydrogens (tertiary/aromatic N) is 5. The summed E-state index contributed by atoms with van der Waals surface area (Å²) >= 11 is 0. The molecule has 2 aromatic rings. The molecule has 6 nitrogen and oxygen atoms in total. The van der Waals surface area contributed by atoms with Crippen LogP contribution in [0, 0.1) is 0 Å². The van der Waals surface area contributed by atoms with E-state index in [0.29, 0.717) is 6.42 Å². The van der Waals surface area contributed by atoms with E-state index in [1.165, 1.54) is 0 Å². The molecule has 3 rings (SSSR count). The van der Waals surface area contributed by atoms with E-state index in [4.69, 9.17) is 0 Å². The Labute approximate surface area is 142 Å². The largest absolute Gasteiger partial charge is 0.352 e. The van der Waals surface area contributed by atoms with Crippen LogP contribution in [0.25, 0.3) is 11.3 Å². The first-order valence-electron chi connectivity index (χ1n) is 8.55. The molecule has 24 heavy (non-hydrogen) atoms. The van der Waals surface area contributed by atoms with Crippen molar-refractivity contribution in [2.24, 2.45) is 0 Å². The van der Waals surface area contributed by atoms with Gasteiger partial charge in [0.15, 0.2) is 5.82 Å². The van der Waals surface area contributed by atoms with Crippen LogP contribution in [0.2, 0.25) is 0 Å². The van der Waals surface area contributed by atoms with Crippen molar-refractivity contribution in [3.8, 4) is 11.3 Å². The Kier molecular flexibility index (Phi) is 5.36. The van der Waals surface area contributed by atoms with Gasteiger partial charge in [0.25, 0.3) is 0 Å². The molecule has 2 aromatic heterocycles. The molecule has 0 spiro atoms. The van der Waals surface area contributed by atoms with E-state index in [2.05, 4.69) is 27.0 Å². The Morgan fingerprint density at radius 3 is 2.42 bits per heavy atom. The molecule has 0 radical (unpaired) electrons. The summed E-state index contributed by atoms with van der Waals surface area (Å²) in [6.07, 6.45) is 6.20. The molecule has 1 saturated heterocycles. The standard InChI is InChI=1S/C18H23N5O/c1-2-3-4-18(24)23-13-11-22(12-14-23)17-6-5-16(20-21-17)15-7-9-19-10-8-15/h5-10H,2-4,11-14H2,1H3. The molecule has 126 valence electrons. The predicted molar refractivity (Wildman–Crippen MR) is 93.6 cm³/mol. The monoisotopic (exact) mass is 325 g/mol. The van der Waals surface area contributed by atoms with Crippen LogP contribution in [-0.2, 0) is 4.79 Å². The van der Waals surface area contributed by atoms with Gasteiger partial charge in [0, 0.05) is 50.6 Å². The van der Waals surface area contributed by atoms with Crippen LogP contribution in [0.5, 0.6) is 0 Å². The number of hydrogen-bond donors (Lipinski definition) is 0. The smallest absolute Gasteiger partial charge is 0.222 e. The van der Waals surface area contributed by atoms with Crippen LogP contribution in [0.1, 0.15) is 26.2 Å². The van der Waals surface area contributed by atoms with E-state index < -0.39 is 0 Å². The van der Waals surface area contributed by atoms with Crippen molar-refractivity contribution in [1.82, 2.24) is 20.1 Å². The minimum atomic E-state index is 0.274. The van der Waals surface area contributed by atoms with Gasteiger partial charge in [0.1, 0.15) is 0 Å². The molecule has 0 aromatic carbocycles. The predicted octanol–water partition coefficient (Wildman–Crippen LogP) is 2.38. The van der Waals surface area contributed by atoms with Gasteiger partial charge in [0.2, 0.25) is 5.91 Å². The highest BCUT2D eigenvalue weighted by Crippen LogP contribution is 2.18. The molecule has 0 aliphatic carbocycles. The third-order valence-corrected chi connectivity index (χ3v) is 4.33. The zero-order valence-electron chi connectivity index (χ0n) is 14.1. The Bertz CT molecular complexity index is 651. The number of piperazine rings is 1. The maximum absolute atomic E-state index is 12.1. The van der Waals surface area contributed by atoms with Crippen molar-refractivity contribution in [2.45, 2.75) is 26.2 Å². The molecule has 0 N–H and O–H groups in total. The number of hydrogen-bond acceptors (Lipinski definition) is 5. The number of anilines is 1. The van der Waals surface area contributed by atoms with Crippen molar-refractivity contribution in [3.63, 3.8) is 0 Å². The fourth-order valence-electron chi connectivity index (χ4n) is 2.84. The molecule has 1 amide bonds. The first kappa shape index (κ1) is 16.4. The van der Waals surface area contributed by atoms with Crippen molar-refractivity contribution in [2.75, 3.05) is 31.1 Å². The minimum Gasteiger partial charge on any atom is -0.352 e. The summed E-state index contributed by atoms with van der Waals surface area (Å²) in [5.41, 5.74) is 1.85. The van der Waals surface area contributed by atoms with Crippen LogP contribution in [0.4, 0.5) is 5.82 Å². The average Bonchev–Trinajstić information content (AvgIpc) is 2.67. The zero-order chi connectivity index (χ0) is 16.8. The minimum absolute atomic E-state index is 0.274. The van der Waals surface area contributed by atoms with Gasteiger partial charge in [-0.2, -0.15) is 0 Å². The number of carbonyl (C=O) groups is 1. The quantitative estimate of drug-likeness (QED) is 0.844. The Hall–Kier alpha value is -2.50. The highest BCUT2D eigenvalue weighted by Gasteiger charge is 2.21. The maximum atomic E-state index is 12.1. The SMILES string of the molecule is CCCCC(=O)N1CCN(c2ccc(-c3ccncc3)nn2)CC1. The van der Waals surface area contributed by atoms with Crippen LogP contribution in [0.3, 0.4) is 0 Å². The van der Waals surface area contributed by atoms with Gasteiger partial charge < -0.3 is 9.80 Å². The number of rotatable bonds is 5. The summed E-state index contributed by atoms with van der Waals surface area (Å²) < 4.78 is 0. The third kappa shape index (κ3) is 3.88. The molecule has 0 unspecified atom stereocenters. The summed E-state index contributed by atoms with van der Waals surface area (Å²) in [5, 5.41) is 8.67. The highest BCUT2D eigenvalue weighted by molar-refractivity contribution is 5.76. The second-order valence-electron chi connectivity index (χ2n) is 5.98. The fourth-order valence-corrected chi connectivity index (χ4v) is 2.84. The third-order valence-electron chi connectivity index (χ3n) is 4.33. The van der Waals surface area contributed by atoms with Gasteiger partial charge in [0.05, 0.1) is 5.69 Å². The van der Waals surface area contributed by atoms with Gasteiger partial charge >= 0.3 is 0 Å². The molecule has 3 heterocycles. The van der Waals surface area contributed by atoms with Gasteiger partial charge in [-0.05, 0) is 30.7 Å². The van der Waals surface area contributed by atoms with E-state index in [0.717, 1.165) is 56.1 Å². The lowest BCUT2D eigenvalue weighted by Crippen LogP contribution is -2.49. The highest BCUT2D eigenvalue weighted by atomic mass is 16.2. The molecule has 1 aliphatic rings. The zero-order valence-corrected chi connectivity index (χ0v) is 14.1. The lowest BCUT2D eigenvalue weighted by Gasteiger charge is -2.35. The normalized spacial score (nSPS) is 14.7. The Balaban J connectivity index is 1.58. The Morgan fingerprint density at radius 2 is 1.79 bits per heavy atom. The average molecular weight is 325 g/mol. The van der Waals surface area contributed by atoms with E-state index >= 15 is 0 Å². The number of unbranched alkanes of at least 4 members (excludes halogenated alkanes) is 1. The van der Waals surface area contributed by atoms with Crippen LogP contribution < -0.4 is 4.90 Å². The van der Waals surface area contributed by atoms with Crippen molar-refractivity contribution in [1.29, 1.82) is 0 Å². The van der Waals surface area contributed by atoms with E-state index in [1.54, 1.807) is 12.4 Å². The number of pyridine rings is 1. The molecule has 0 atom stereocenters. The van der Waals surface area contributed by atoms with E-state index in [1.807, 2.05) is 29.2 Å².